The standard InChI is InChI=1S/C29H20O2/c30-29(31)17-28(24-13-5-11-22-20-9-3-1-7-18(20)15-26(22)24)25-14-6-12-23-21-10-4-2-8-19(21)16-27(23)25/h1-14,17H,15-16H2,(H,30,31). The quantitative estimate of drug-likeness (QED) is 0.352. The van der Waals surface area contributed by atoms with E-state index in [4.69, 9.17) is 0 Å². The Morgan fingerprint density at radius 3 is 1.55 bits per heavy atom. The summed E-state index contributed by atoms with van der Waals surface area (Å²) in [5.74, 6) is -0.920. The van der Waals surface area contributed by atoms with Crippen LogP contribution in [0, 0.1) is 0 Å². The van der Waals surface area contributed by atoms with Crippen LogP contribution in [0.4, 0.5) is 0 Å². The van der Waals surface area contributed by atoms with Gasteiger partial charge in [-0.3, -0.25) is 0 Å². The minimum Gasteiger partial charge on any atom is -0.478 e. The molecule has 0 saturated heterocycles. The average Bonchev–Trinajstić information content (AvgIpc) is 3.36. The van der Waals surface area contributed by atoms with Crippen LogP contribution in [0.25, 0.3) is 27.8 Å². The van der Waals surface area contributed by atoms with Gasteiger partial charge in [-0.15, -0.1) is 0 Å². The molecule has 6 rings (SSSR count). The molecule has 2 heteroatoms. The van der Waals surface area contributed by atoms with E-state index in [0.717, 1.165) is 29.5 Å². The molecule has 0 saturated carbocycles. The Bertz CT molecular complexity index is 1310. The lowest BCUT2D eigenvalue weighted by molar-refractivity contribution is -0.131. The summed E-state index contributed by atoms with van der Waals surface area (Å²) in [4.78, 5) is 11.9. The molecular formula is C29H20O2. The van der Waals surface area contributed by atoms with Crippen molar-refractivity contribution in [2.45, 2.75) is 12.8 Å². The van der Waals surface area contributed by atoms with Crippen molar-refractivity contribution in [3.8, 4) is 22.3 Å². The molecule has 0 spiro atoms. The van der Waals surface area contributed by atoms with E-state index in [9.17, 15) is 9.90 Å². The lowest BCUT2D eigenvalue weighted by Crippen LogP contribution is -2.01. The Kier molecular flexibility index (Phi) is 3.94. The molecule has 2 nitrogen and oxygen atoms in total. The first-order chi connectivity index (χ1) is 15.2. The van der Waals surface area contributed by atoms with Crippen molar-refractivity contribution >= 4 is 11.5 Å². The Morgan fingerprint density at radius 1 is 0.613 bits per heavy atom. The van der Waals surface area contributed by atoms with E-state index in [1.54, 1.807) is 0 Å². The number of carboxylic acid groups (broad SMARTS) is 1. The first kappa shape index (κ1) is 17.9. The lowest BCUT2D eigenvalue weighted by Gasteiger charge is -2.16. The zero-order chi connectivity index (χ0) is 20.9. The van der Waals surface area contributed by atoms with Crippen LogP contribution in [0.15, 0.2) is 91.0 Å². The molecule has 4 aromatic rings. The molecule has 4 aromatic carbocycles. The van der Waals surface area contributed by atoms with Crippen molar-refractivity contribution in [3.63, 3.8) is 0 Å². The van der Waals surface area contributed by atoms with Gasteiger partial charge >= 0.3 is 5.97 Å². The van der Waals surface area contributed by atoms with Gasteiger partial charge in [0.1, 0.15) is 0 Å². The summed E-state index contributed by atoms with van der Waals surface area (Å²) >= 11 is 0. The monoisotopic (exact) mass is 400 g/mol. The second-order valence-corrected chi connectivity index (χ2v) is 8.23. The van der Waals surface area contributed by atoms with Gasteiger partial charge < -0.3 is 5.11 Å². The summed E-state index contributed by atoms with van der Waals surface area (Å²) in [5, 5.41) is 9.77. The van der Waals surface area contributed by atoms with Gasteiger partial charge in [0.25, 0.3) is 0 Å². The van der Waals surface area contributed by atoms with Crippen molar-refractivity contribution in [1.29, 1.82) is 0 Å². The van der Waals surface area contributed by atoms with Crippen LogP contribution >= 0.6 is 0 Å². The Labute approximate surface area is 181 Å². The van der Waals surface area contributed by atoms with Crippen LogP contribution in [0.5, 0.6) is 0 Å². The molecule has 0 fully saturated rings. The molecular weight excluding hydrogens is 380 g/mol. The summed E-state index contributed by atoms with van der Waals surface area (Å²) in [6.07, 6.45) is 3.04. The second-order valence-electron chi connectivity index (χ2n) is 8.23. The molecule has 0 unspecified atom stereocenters. The predicted molar refractivity (Wildman–Crippen MR) is 124 cm³/mol. The van der Waals surface area contributed by atoms with Crippen LogP contribution in [-0.4, -0.2) is 11.1 Å². The van der Waals surface area contributed by atoms with E-state index in [0.29, 0.717) is 0 Å². The van der Waals surface area contributed by atoms with Crippen molar-refractivity contribution in [1.82, 2.24) is 0 Å². The summed E-state index contributed by atoms with van der Waals surface area (Å²) in [6.45, 7) is 0. The highest BCUT2D eigenvalue weighted by Gasteiger charge is 2.26. The first-order valence-corrected chi connectivity index (χ1v) is 10.6. The summed E-state index contributed by atoms with van der Waals surface area (Å²) < 4.78 is 0. The number of fused-ring (bicyclic) bond motifs is 6. The van der Waals surface area contributed by atoms with Crippen molar-refractivity contribution < 1.29 is 9.90 Å². The fourth-order valence-corrected chi connectivity index (χ4v) is 5.24. The van der Waals surface area contributed by atoms with Crippen LogP contribution in [0.2, 0.25) is 0 Å². The molecule has 0 bridgehead atoms. The van der Waals surface area contributed by atoms with E-state index < -0.39 is 5.97 Å². The van der Waals surface area contributed by atoms with Crippen LogP contribution in [-0.2, 0) is 17.6 Å². The third-order valence-corrected chi connectivity index (χ3v) is 6.55. The molecule has 0 radical (unpaired) electrons. The molecule has 0 amide bonds. The fraction of sp³-hybridized carbons (Fsp3) is 0.0690. The topological polar surface area (TPSA) is 37.3 Å². The zero-order valence-electron chi connectivity index (χ0n) is 16.9. The van der Waals surface area contributed by atoms with Crippen LogP contribution in [0.3, 0.4) is 0 Å². The van der Waals surface area contributed by atoms with E-state index in [-0.39, 0.29) is 0 Å². The normalized spacial score (nSPS) is 12.5. The third-order valence-electron chi connectivity index (χ3n) is 6.55. The molecule has 2 aliphatic rings. The van der Waals surface area contributed by atoms with Gasteiger partial charge in [-0.25, -0.2) is 4.79 Å². The second kappa shape index (κ2) is 6.82. The van der Waals surface area contributed by atoms with Crippen molar-refractivity contribution in [2.24, 2.45) is 0 Å². The number of hydrogen-bond donors (Lipinski definition) is 1. The van der Waals surface area contributed by atoms with E-state index >= 15 is 0 Å². The number of aliphatic carboxylic acids is 1. The van der Waals surface area contributed by atoms with Gasteiger partial charge in [0.15, 0.2) is 0 Å². The fourth-order valence-electron chi connectivity index (χ4n) is 5.24. The maximum absolute atomic E-state index is 11.9. The molecule has 0 aliphatic heterocycles. The van der Waals surface area contributed by atoms with Gasteiger partial charge in [-0.2, -0.15) is 0 Å². The minimum atomic E-state index is -0.920. The highest BCUT2D eigenvalue weighted by Crippen LogP contribution is 2.45. The molecule has 0 atom stereocenters. The van der Waals surface area contributed by atoms with Gasteiger partial charge in [0.05, 0.1) is 0 Å². The molecule has 1 N–H and O–H groups in total. The summed E-state index contributed by atoms with van der Waals surface area (Å²) in [6, 6.07) is 29.4. The molecule has 2 aliphatic carbocycles. The van der Waals surface area contributed by atoms with Crippen LogP contribution < -0.4 is 0 Å². The van der Waals surface area contributed by atoms with Crippen molar-refractivity contribution in [3.05, 3.63) is 124 Å². The maximum atomic E-state index is 11.9. The number of rotatable bonds is 3. The molecule has 148 valence electrons. The van der Waals surface area contributed by atoms with Gasteiger partial charge in [0, 0.05) is 6.08 Å². The first-order valence-electron chi connectivity index (χ1n) is 10.6. The number of hydrogen-bond acceptors (Lipinski definition) is 1. The summed E-state index contributed by atoms with van der Waals surface area (Å²) in [5.41, 5.74) is 12.8. The average molecular weight is 400 g/mol. The van der Waals surface area contributed by atoms with E-state index in [1.165, 1.54) is 50.6 Å². The zero-order valence-corrected chi connectivity index (χ0v) is 16.9. The van der Waals surface area contributed by atoms with E-state index in [1.807, 2.05) is 12.1 Å². The molecule has 0 aromatic heterocycles. The van der Waals surface area contributed by atoms with E-state index in [2.05, 4.69) is 72.8 Å². The Morgan fingerprint density at radius 2 is 1.06 bits per heavy atom. The number of carboxylic acids is 1. The predicted octanol–water partition coefficient (Wildman–Crippen LogP) is 6.35. The smallest absolute Gasteiger partial charge is 0.328 e. The number of carbonyl (C=O) groups is 1. The highest BCUT2D eigenvalue weighted by molar-refractivity contribution is 5.99. The Balaban J connectivity index is 1.57. The van der Waals surface area contributed by atoms with Gasteiger partial charge in [0.2, 0.25) is 0 Å². The Hall–Kier alpha value is -3.91. The van der Waals surface area contributed by atoms with Gasteiger partial charge in [-0.05, 0) is 74.0 Å². The molecule has 0 heterocycles. The maximum Gasteiger partial charge on any atom is 0.328 e. The summed E-state index contributed by atoms with van der Waals surface area (Å²) in [7, 11) is 0. The largest absolute Gasteiger partial charge is 0.478 e. The lowest BCUT2D eigenvalue weighted by atomic mass is 9.87. The molecule has 31 heavy (non-hydrogen) atoms. The minimum absolute atomic E-state index is 0.793. The van der Waals surface area contributed by atoms with Crippen molar-refractivity contribution in [2.75, 3.05) is 0 Å². The van der Waals surface area contributed by atoms with Crippen LogP contribution in [0.1, 0.15) is 33.4 Å². The SMILES string of the molecule is O=C(O)C=C(c1cccc2c1Cc1ccccc1-2)c1cccc2c1Cc1ccccc1-2. The third kappa shape index (κ3) is 2.76. The highest BCUT2D eigenvalue weighted by atomic mass is 16.4. The van der Waals surface area contributed by atoms with Gasteiger partial charge in [-0.1, -0.05) is 84.9 Å². The number of benzene rings is 4.